The van der Waals surface area contributed by atoms with Gasteiger partial charge in [-0.2, -0.15) is 4.31 Å². The van der Waals surface area contributed by atoms with Gasteiger partial charge in [0.2, 0.25) is 10.0 Å². The van der Waals surface area contributed by atoms with Gasteiger partial charge in [-0.15, -0.1) is 0 Å². The average Bonchev–Trinajstić information content (AvgIpc) is 3.25. The molecule has 0 spiro atoms. The maximum Gasteiger partial charge on any atom is 0.216 e. The molecule has 0 aromatic heterocycles. The number of benzene rings is 1. The first-order chi connectivity index (χ1) is 15.6. The largest absolute Gasteiger partial charge is 0.378 e. The van der Waals surface area contributed by atoms with Crippen molar-refractivity contribution >= 4 is 27.9 Å². The van der Waals surface area contributed by atoms with Gasteiger partial charge in [0.15, 0.2) is 9.84 Å². The zero-order valence-corrected chi connectivity index (χ0v) is 23.7. The molecule has 8 nitrogen and oxygen atoms in total. The summed E-state index contributed by atoms with van der Waals surface area (Å²) >= 11 is 0. The molecular weight excluding hydrogens is 494 g/mol. The summed E-state index contributed by atoms with van der Waals surface area (Å²) < 4.78 is 71.1. The van der Waals surface area contributed by atoms with Crippen LogP contribution in [0.4, 0.5) is 0 Å². The Bertz CT molecular complexity index is 1040. The molecule has 0 saturated carbocycles. The minimum absolute atomic E-state index is 0.0913. The van der Waals surface area contributed by atoms with Crippen LogP contribution in [0.15, 0.2) is 35.2 Å². The van der Waals surface area contributed by atoms with E-state index in [1.807, 2.05) is 0 Å². The van der Waals surface area contributed by atoms with Crippen LogP contribution < -0.4 is 0 Å². The van der Waals surface area contributed by atoms with Crippen molar-refractivity contribution < 1.29 is 31.0 Å². The normalized spacial score (nSPS) is 28.4. The van der Waals surface area contributed by atoms with Gasteiger partial charge >= 0.3 is 0 Å². The second kappa shape index (κ2) is 10.3. The lowest BCUT2D eigenvalue weighted by atomic mass is 9.95. The first kappa shape index (κ1) is 27.8. The number of sulfonamides is 1. The molecule has 1 aromatic rings. The van der Waals surface area contributed by atoms with E-state index in [4.69, 9.17) is 14.2 Å². The first-order valence-corrected chi connectivity index (χ1v) is 18.7. The van der Waals surface area contributed by atoms with Crippen molar-refractivity contribution in [1.82, 2.24) is 4.31 Å². The summed E-state index contributed by atoms with van der Waals surface area (Å²) in [6.45, 7) is 10.7. The molecule has 194 valence electrons. The van der Waals surface area contributed by atoms with Gasteiger partial charge in [-0.1, -0.05) is 37.8 Å². The van der Waals surface area contributed by atoms with Crippen LogP contribution in [-0.4, -0.2) is 85.0 Å². The van der Waals surface area contributed by atoms with Crippen molar-refractivity contribution in [2.24, 2.45) is 5.92 Å². The van der Waals surface area contributed by atoms with Gasteiger partial charge in [0.25, 0.3) is 0 Å². The summed E-state index contributed by atoms with van der Waals surface area (Å²) in [5.74, 6) is -0.124. The molecule has 2 heterocycles. The van der Waals surface area contributed by atoms with Crippen molar-refractivity contribution in [2.75, 3.05) is 31.8 Å². The number of hydrogen-bond acceptors (Lipinski definition) is 7. The Morgan fingerprint density at radius 2 is 1.76 bits per heavy atom. The minimum atomic E-state index is -3.52. The third-order valence-corrected chi connectivity index (χ3v) is 12.4. The summed E-state index contributed by atoms with van der Waals surface area (Å²) in [5, 5.41) is 0. The Labute approximate surface area is 205 Å². The molecule has 0 amide bonds. The van der Waals surface area contributed by atoms with E-state index < -0.39 is 45.9 Å². The van der Waals surface area contributed by atoms with Gasteiger partial charge in [-0.05, 0) is 38.4 Å². The van der Waals surface area contributed by atoms with Gasteiger partial charge in [-0.3, -0.25) is 0 Å². The Hall–Kier alpha value is -0.823. The SMILES string of the molecule is CO[C@H]1[C@@H](C[C@H]2CN(S(=O)(=O)CC[Si](C)(C)C)C(C)(C)O2)CO[C@@H]1CS(=O)(=O)c1ccccc1. The molecule has 0 unspecified atom stereocenters. The van der Waals surface area contributed by atoms with Gasteiger partial charge in [-0.25, -0.2) is 16.8 Å². The molecule has 0 bridgehead atoms. The number of rotatable bonds is 10. The summed E-state index contributed by atoms with van der Waals surface area (Å²) in [6.07, 6.45) is -0.787. The van der Waals surface area contributed by atoms with Crippen LogP contribution in [0, 0.1) is 5.92 Å². The van der Waals surface area contributed by atoms with Crippen LogP contribution in [-0.2, 0) is 34.1 Å². The van der Waals surface area contributed by atoms with E-state index in [1.165, 1.54) is 4.31 Å². The molecule has 0 aliphatic carbocycles. The zero-order chi connectivity index (χ0) is 25.4. The molecule has 0 radical (unpaired) electrons. The van der Waals surface area contributed by atoms with E-state index in [1.54, 1.807) is 51.3 Å². The Morgan fingerprint density at radius 3 is 2.35 bits per heavy atom. The summed E-state index contributed by atoms with van der Waals surface area (Å²) in [4.78, 5) is 0.261. The molecule has 11 heteroatoms. The van der Waals surface area contributed by atoms with E-state index in [0.29, 0.717) is 19.1 Å². The van der Waals surface area contributed by atoms with Gasteiger partial charge in [0.1, 0.15) is 5.72 Å². The standard InChI is InChI=1S/C23H39NO7S2Si/c1-23(2)24(33(27,28)12-13-34(4,5)6)15-19(31-23)14-18-16-30-21(22(18)29-3)17-32(25,26)20-10-8-7-9-11-20/h7-11,18-19,21-22H,12-17H2,1-6H3/t18-,19-,21+,22-/m0/s1. The Kier molecular flexibility index (Phi) is 8.39. The van der Waals surface area contributed by atoms with Gasteiger partial charge in [0, 0.05) is 27.6 Å². The van der Waals surface area contributed by atoms with Crippen LogP contribution in [0.2, 0.25) is 25.7 Å². The topological polar surface area (TPSA) is 99.2 Å². The van der Waals surface area contributed by atoms with Crippen molar-refractivity contribution in [3.05, 3.63) is 30.3 Å². The van der Waals surface area contributed by atoms with Crippen molar-refractivity contribution in [2.45, 2.75) is 74.9 Å². The molecule has 1 aromatic carbocycles. The Morgan fingerprint density at radius 1 is 1.12 bits per heavy atom. The van der Waals surface area contributed by atoms with E-state index in [9.17, 15) is 16.8 Å². The van der Waals surface area contributed by atoms with E-state index in [2.05, 4.69) is 19.6 Å². The fraction of sp³-hybridized carbons (Fsp3) is 0.739. The van der Waals surface area contributed by atoms with Crippen LogP contribution in [0.25, 0.3) is 0 Å². The van der Waals surface area contributed by atoms with Crippen LogP contribution in [0.5, 0.6) is 0 Å². The molecule has 3 rings (SSSR count). The highest BCUT2D eigenvalue weighted by molar-refractivity contribution is 7.91. The second-order valence-corrected chi connectivity index (χ2v) is 20.7. The summed E-state index contributed by atoms with van der Waals surface area (Å²) in [6, 6.07) is 9.02. The Balaban J connectivity index is 1.65. The quantitative estimate of drug-likeness (QED) is 0.426. The molecule has 2 aliphatic rings. The fourth-order valence-electron chi connectivity index (χ4n) is 4.73. The van der Waals surface area contributed by atoms with Crippen molar-refractivity contribution in [3.8, 4) is 0 Å². The summed E-state index contributed by atoms with van der Waals surface area (Å²) in [7, 11) is -6.92. The number of nitrogens with zero attached hydrogens (tertiary/aromatic N) is 1. The lowest BCUT2D eigenvalue weighted by Crippen LogP contribution is -2.45. The lowest BCUT2D eigenvalue weighted by molar-refractivity contribution is -0.0610. The third-order valence-electron chi connectivity index (χ3n) is 6.55. The lowest BCUT2D eigenvalue weighted by Gasteiger charge is -2.30. The minimum Gasteiger partial charge on any atom is -0.378 e. The summed E-state index contributed by atoms with van der Waals surface area (Å²) in [5.41, 5.74) is -0.930. The maximum atomic E-state index is 13.1. The monoisotopic (exact) mass is 533 g/mol. The molecule has 2 aliphatic heterocycles. The van der Waals surface area contributed by atoms with Crippen LogP contribution in [0.1, 0.15) is 20.3 Å². The van der Waals surface area contributed by atoms with E-state index in [0.717, 1.165) is 0 Å². The van der Waals surface area contributed by atoms with Gasteiger partial charge in [0.05, 0.1) is 41.3 Å². The smallest absolute Gasteiger partial charge is 0.216 e. The number of ether oxygens (including phenoxy) is 3. The highest BCUT2D eigenvalue weighted by atomic mass is 32.2. The zero-order valence-electron chi connectivity index (χ0n) is 21.1. The molecule has 0 N–H and O–H groups in total. The van der Waals surface area contributed by atoms with Crippen LogP contribution >= 0.6 is 0 Å². The average molecular weight is 534 g/mol. The predicted octanol–water partition coefficient (Wildman–Crippen LogP) is 2.99. The second-order valence-electron chi connectivity index (χ2n) is 11.0. The van der Waals surface area contributed by atoms with E-state index >= 15 is 0 Å². The number of methoxy groups -OCH3 is 1. The third kappa shape index (κ3) is 6.68. The van der Waals surface area contributed by atoms with Crippen LogP contribution in [0.3, 0.4) is 0 Å². The molecule has 2 fully saturated rings. The number of sulfone groups is 1. The molecule has 4 atom stereocenters. The van der Waals surface area contributed by atoms with Crippen molar-refractivity contribution in [3.63, 3.8) is 0 Å². The van der Waals surface area contributed by atoms with Crippen molar-refractivity contribution in [1.29, 1.82) is 0 Å². The first-order valence-electron chi connectivity index (χ1n) is 11.8. The molecule has 34 heavy (non-hydrogen) atoms. The maximum absolute atomic E-state index is 13.1. The molecular formula is C23H39NO7S2Si. The highest BCUT2D eigenvalue weighted by Gasteiger charge is 2.49. The fourth-order valence-corrected chi connectivity index (χ4v) is 11.0. The number of hydrogen-bond donors (Lipinski definition) is 0. The predicted molar refractivity (Wildman–Crippen MR) is 135 cm³/mol. The highest BCUT2D eigenvalue weighted by Crippen LogP contribution is 2.36. The van der Waals surface area contributed by atoms with E-state index in [-0.39, 0.29) is 35.0 Å². The van der Waals surface area contributed by atoms with Gasteiger partial charge < -0.3 is 14.2 Å². The molecule has 2 saturated heterocycles.